The number of esters is 1. The summed E-state index contributed by atoms with van der Waals surface area (Å²) in [4.78, 5) is 13.1. The van der Waals surface area contributed by atoms with Crippen LogP contribution < -0.4 is 0 Å². The molecule has 2 heterocycles. The van der Waals surface area contributed by atoms with Crippen LogP contribution in [0.25, 0.3) is 0 Å². The fourth-order valence-electron chi connectivity index (χ4n) is 5.00. The van der Waals surface area contributed by atoms with Crippen LogP contribution in [0.4, 0.5) is 0 Å². The van der Waals surface area contributed by atoms with E-state index < -0.39 is 0 Å². The molecule has 0 N–H and O–H groups in total. The van der Waals surface area contributed by atoms with Gasteiger partial charge < -0.3 is 18.8 Å². The van der Waals surface area contributed by atoms with Crippen LogP contribution in [-0.4, -0.2) is 31.4 Å². The van der Waals surface area contributed by atoms with E-state index in [0.29, 0.717) is 12.5 Å². The van der Waals surface area contributed by atoms with Gasteiger partial charge in [-0.1, -0.05) is 32.6 Å². The van der Waals surface area contributed by atoms with E-state index in [1.807, 2.05) is 6.92 Å². The van der Waals surface area contributed by atoms with Crippen molar-refractivity contribution >= 4 is 5.97 Å². The molecule has 5 heteroatoms. The van der Waals surface area contributed by atoms with Gasteiger partial charge in [0.05, 0.1) is 26.4 Å². The van der Waals surface area contributed by atoms with E-state index in [-0.39, 0.29) is 11.9 Å². The maximum atomic E-state index is 13.1. The topological polar surface area (TPSA) is 49.7 Å². The number of carbonyl (C=O) groups is 1. The summed E-state index contributed by atoms with van der Waals surface area (Å²) < 4.78 is 19.0. The minimum Gasteiger partial charge on any atom is -0.493 e. The molecule has 1 aliphatic carbocycles. The molecule has 2 unspecified atom stereocenters. The van der Waals surface area contributed by atoms with Crippen LogP contribution in [0.3, 0.4) is 0 Å². The van der Waals surface area contributed by atoms with Gasteiger partial charge in [-0.2, -0.15) is 0 Å². The van der Waals surface area contributed by atoms with Crippen molar-refractivity contribution in [3.63, 3.8) is 0 Å². The fraction of sp³-hybridized carbons (Fsp3) is 0.640. The minimum absolute atomic E-state index is 0.0968. The Morgan fingerprint density at radius 3 is 2.43 bits per heavy atom. The van der Waals surface area contributed by atoms with Gasteiger partial charge in [-0.15, -0.1) is 0 Å². The number of hydrogen-bond acceptors (Lipinski definition) is 4. The van der Waals surface area contributed by atoms with Gasteiger partial charge in [0.25, 0.3) is 0 Å². The van der Waals surface area contributed by atoms with Gasteiger partial charge in [-0.25, -0.2) is 4.79 Å². The van der Waals surface area contributed by atoms with Crippen LogP contribution >= 0.6 is 0 Å². The van der Waals surface area contributed by atoms with E-state index in [1.54, 1.807) is 14.2 Å². The number of fused-ring (bicyclic) bond motifs is 3. The lowest BCUT2D eigenvalue weighted by atomic mass is 9.79. The van der Waals surface area contributed by atoms with Gasteiger partial charge >= 0.3 is 5.97 Å². The van der Waals surface area contributed by atoms with E-state index in [0.717, 1.165) is 48.6 Å². The molecular formula is C25H37NO4. The number of carbonyl (C=O) groups excluding carboxylic acids is 1. The molecule has 0 saturated heterocycles. The largest absolute Gasteiger partial charge is 0.493 e. The molecule has 0 radical (unpaired) electrons. The van der Waals surface area contributed by atoms with Crippen molar-refractivity contribution in [1.82, 2.24) is 4.57 Å². The van der Waals surface area contributed by atoms with Crippen LogP contribution in [-0.2, 0) is 27.2 Å². The number of nitrogens with zero attached hydrogens (tertiary/aromatic N) is 1. The second kappa shape index (κ2) is 10.2. The zero-order chi connectivity index (χ0) is 21.7. The predicted molar refractivity (Wildman–Crippen MR) is 119 cm³/mol. The average molecular weight is 416 g/mol. The Balaban J connectivity index is 2.00. The number of hydrogen-bond donors (Lipinski definition) is 0. The Labute approximate surface area is 181 Å². The third kappa shape index (κ3) is 4.30. The monoisotopic (exact) mass is 415 g/mol. The zero-order valence-electron chi connectivity index (χ0n) is 19.3. The molecule has 0 fully saturated rings. The van der Waals surface area contributed by atoms with Gasteiger partial charge in [-0.05, 0) is 56.7 Å². The number of allylic oxidation sites excluding steroid dienone is 2. The average Bonchev–Trinajstić information content (AvgIpc) is 3.04. The fourth-order valence-corrected chi connectivity index (χ4v) is 5.00. The van der Waals surface area contributed by atoms with Gasteiger partial charge in [0.15, 0.2) is 11.5 Å². The normalized spacial score (nSPS) is 20.0. The van der Waals surface area contributed by atoms with Crippen molar-refractivity contribution in [2.24, 2.45) is 5.92 Å². The van der Waals surface area contributed by atoms with E-state index >= 15 is 0 Å². The van der Waals surface area contributed by atoms with Crippen LogP contribution in [0.2, 0.25) is 0 Å². The number of unbranched alkanes of at least 4 members (excludes halogenated alkanes) is 4. The zero-order valence-corrected chi connectivity index (χ0v) is 19.3. The lowest BCUT2D eigenvalue weighted by molar-refractivity contribution is 0.0522. The molecule has 3 rings (SSSR count). The molecule has 0 aromatic carbocycles. The van der Waals surface area contributed by atoms with Gasteiger partial charge in [0, 0.05) is 23.9 Å². The Morgan fingerprint density at radius 1 is 1.07 bits per heavy atom. The second-order valence-electron chi connectivity index (χ2n) is 8.31. The molecule has 5 nitrogen and oxygen atoms in total. The van der Waals surface area contributed by atoms with Crippen LogP contribution in [0.5, 0.6) is 0 Å². The third-order valence-corrected chi connectivity index (χ3v) is 6.54. The molecular weight excluding hydrogens is 378 g/mol. The molecule has 30 heavy (non-hydrogen) atoms. The maximum absolute atomic E-state index is 13.1. The first-order valence-corrected chi connectivity index (χ1v) is 11.5. The van der Waals surface area contributed by atoms with Crippen molar-refractivity contribution in [1.29, 1.82) is 0 Å². The Hall–Kier alpha value is -2.17. The van der Waals surface area contributed by atoms with Gasteiger partial charge in [-0.3, -0.25) is 0 Å². The number of methoxy groups -OCH3 is 2. The third-order valence-electron chi connectivity index (χ3n) is 6.54. The van der Waals surface area contributed by atoms with Crippen molar-refractivity contribution in [3.8, 4) is 0 Å². The first-order valence-electron chi connectivity index (χ1n) is 11.5. The summed E-state index contributed by atoms with van der Waals surface area (Å²) in [6.07, 6.45) is 12.3. The van der Waals surface area contributed by atoms with E-state index in [4.69, 9.17) is 14.2 Å². The number of ether oxygens (including phenoxy) is 3. The molecule has 0 spiro atoms. The van der Waals surface area contributed by atoms with Crippen molar-refractivity contribution in [2.45, 2.75) is 78.2 Å². The maximum Gasteiger partial charge on any atom is 0.340 e. The minimum atomic E-state index is -0.188. The standard InChI is InChI=1S/C25H37NO4/c1-6-8-9-10-11-12-19-17(3)26-14-13-18-15-21(28-4)22(29-5)16-20(18)24(26)23(19)25(27)30-7-2/h15-16,18,20H,6-14H2,1-5H3. The molecule has 166 valence electrons. The molecule has 2 aliphatic rings. The van der Waals surface area contributed by atoms with E-state index in [2.05, 4.69) is 30.6 Å². The van der Waals surface area contributed by atoms with Crippen LogP contribution in [0.15, 0.2) is 23.7 Å². The number of rotatable bonds is 10. The smallest absolute Gasteiger partial charge is 0.340 e. The van der Waals surface area contributed by atoms with Crippen molar-refractivity contribution < 1.29 is 19.0 Å². The molecule has 0 saturated carbocycles. The van der Waals surface area contributed by atoms with Crippen molar-refractivity contribution in [2.75, 3.05) is 20.8 Å². The molecule has 1 aromatic heterocycles. The Kier molecular flexibility index (Phi) is 7.68. The predicted octanol–water partition coefficient (Wildman–Crippen LogP) is 5.66. The first-order chi connectivity index (χ1) is 14.6. The second-order valence-corrected chi connectivity index (χ2v) is 8.31. The van der Waals surface area contributed by atoms with E-state index in [9.17, 15) is 4.79 Å². The summed E-state index contributed by atoms with van der Waals surface area (Å²) in [7, 11) is 3.34. The molecule has 0 amide bonds. The first kappa shape index (κ1) is 22.5. The van der Waals surface area contributed by atoms with Crippen molar-refractivity contribution in [3.05, 3.63) is 46.2 Å². The summed E-state index contributed by atoms with van der Waals surface area (Å²) in [6, 6.07) is 0. The Morgan fingerprint density at radius 2 is 1.77 bits per heavy atom. The quantitative estimate of drug-likeness (QED) is 0.365. The summed E-state index contributed by atoms with van der Waals surface area (Å²) in [6.45, 7) is 7.57. The van der Waals surface area contributed by atoms with Crippen LogP contribution in [0, 0.1) is 12.8 Å². The molecule has 1 aliphatic heterocycles. The summed E-state index contributed by atoms with van der Waals surface area (Å²) >= 11 is 0. The summed E-state index contributed by atoms with van der Waals surface area (Å²) in [5, 5.41) is 0. The highest BCUT2D eigenvalue weighted by Crippen LogP contribution is 2.45. The summed E-state index contributed by atoms with van der Waals surface area (Å²) in [5.74, 6) is 1.73. The molecule has 0 bridgehead atoms. The highest BCUT2D eigenvalue weighted by atomic mass is 16.5. The number of aromatic nitrogens is 1. The Bertz CT molecular complexity index is 818. The van der Waals surface area contributed by atoms with E-state index in [1.165, 1.54) is 36.9 Å². The highest BCUT2D eigenvalue weighted by Gasteiger charge is 2.38. The summed E-state index contributed by atoms with van der Waals surface area (Å²) in [5.41, 5.74) is 4.28. The van der Waals surface area contributed by atoms with Gasteiger partial charge in [0.1, 0.15) is 0 Å². The van der Waals surface area contributed by atoms with Crippen LogP contribution in [0.1, 0.15) is 85.6 Å². The van der Waals surface area contributed by atoms with Gasteiger partial charge in [0.2, 0.25) is 0 Å². The molecule has 2 atom stereocenters. The SMILES string of the molecule is CCCCCCCc1c(C(=O)OCC)c2n(c1C)CCC1C=C(OC)C(OC)=CC21. The lowest BCUT2D eigenvalue weighted by Crippen LogP contribution is -2.27. The molecule has 1 aromatic rings. The highest BCUT2D eigenvalue weighted by molar-refractivity contribution is 5.93. The lowest BCUT2D eigenvalue weighted by Gasteiger charge is -2.34.